The lowest BCUT2D eigenvalue weighted by atomic mass is 9.85. The van der Waals surface area contributed by atoms with E-state index < -0.39 is 11.8 Å². The molecule has 7 heteroatoms. The van der Waals surface area contributed by atoms with Gasteiger partial charge in [-0.2, -0.15) is 0 Å². The predicted octanol–water partition coefficient (Wildman–Crippen LogP) is 4.72. The molecular weight excluding hydrogens is 524 g/mol. The Labute approximate surface area is 248 Å². The van der Waals surface area contributed by atoms with E-state index >= 15 is 0 Å². The van der Waals surface area contributed by atoms with Gasteiger partial charge in [0.05, 0.1) is 24.0 Å². The first kappa shape index (κ1) is 29.2. The van der Waals surface area contributed by atoms with Gasteiger partial charge in [0.1, 0.15) is 5.92 Å². The summed E-state index contributed by atoms with van der Waals surface area (Å²) in [6.45, 7) is 2.39. The van der Waals surface area contributed by atoms with E-state index in [-0.39, 0.29) is 18.6 Å². The van der Waals surface area contributed by atoms with Gasteiger partial charge in [-0.25, -0.2) is 0 Å². The number of aliphatic hydroxyl groups excluding tert-OH is 1. The van der Waals surface area contributed by atoms with Gasteiger partial charge in [-0.05, 0) is 93.2 Å². The highest BCUT2D eigenvalue weighted by Crippen LogP contribution is 2.38. The second-order valence-corrected chi connectivity index (χ2v) is 11.4. The van der Waals surface area contributed by atoms with Crippen LogP contribution in [0.3, 0.4) is 0 Å². The first-order valence-electron chi connectivity index (χ1n) is 14.6. The molecule has 1 heterocycles. The molecule has 5 rings (SSSR count). The van der Waals surface area contributed by atoms with Crippen molar-refractivity contribution in [3.05, 3.63) is 94.0 Å². The number of benzene rings is 3. The van der Waals surface area contributed by atoms with Crippen LogP contribution < -0.4 is 10.6 Å². The van der Waals surface area contributed by atoms with E-state index in [2.05, 4.69) is 57.7 Å². The number of hydrogen-bond acceptors (Lipinski definition) is 5. The van der Waals surface area contributed by atoms with Crippen molar-refractivity contribution >= 4 is 28.9 Å². The molecule has 3 aromatic rings. The lowest BCUT2D eigenvalue weighted by Crippen LogP contribution is -2.33. The summed E-state index contributed by atoms with van der Waals surface area (Å²) in [6.07, 6.45) is 5.50. The fourth-order valence-corrected chi connectivity index (χ4v) is 5.70. The Kier molecular flexibility index (Phi) is 9.16. The zero-order valence-electron chi connectivity index (χ0n) is 24.5. The minimum atomic E-state index is -0.577. The monoisotopic (exact) mass is 562 g/mol. The molecule has 3 aromatic carbocycles. The van der Waals surface area contributed by atoms with Gasteiger partial charge in [-0.15, -0.1) is 0 Å². The Hall–Kier alpha value is -4.25. The van der Waals surface area contributed by atoms with E-state index in [0.29, 0.717) is 11.3 Å². The van der Waals surface area contributed by atoms with Gasteiger partial charge in [-0.3, -0.25) is 14.6 Å². The summed E-state index contributed by atoms with van der Waals surface area (Å²) in [4.78, 5) is 33.0. The number of aryl methyl sites for hydroxylation is 1. The lowest BCUT2D eigenvalue weighted by molar-refractivity contribution is -0.117. The first-order valence-corrected chi connectivity index (χ1v) is 14.6. The molecule has 0 saturated carbocycles. The molecule has 7 nitrogen and oxygen atoms in total. The summed E-state index contributed by atoms with van der Waals surface area (Å²) in [5.74, 6) is 4.27. The third-order valence-electron chi connectivity index (χ3n) is 7.74. The Balaban J connectivity index is 1.55. The van der Waals surface area contributed by atoms with Gasteiger partial charge in [0.2, 0.25) is 5.91 Å². The predicted molar refractivity (Wildman–Crippen MR) is 167 cm³/mol. The average molecular weight is 563 g/mol. The number of rotatable bonds is 7. The van der Waals surface area contributed by atoms with Crippen LogP contribution in [0.25, 0.3) is 0 Å². The Bertz CT molecular complexity index is 1560. The zero-order chi connectivity index (χ0) is 29.6. The smallest absolute Gasteiger partial charge is 0.296 e. The van der Waals surface area contributed by atoms with Crippen molar-refractivity contribution < 1.29 is 14.7 Å². The topological polar surface area (TPSA) is 94.0 Å². The van der Waals surface area contributed by atoms with Gasteiger partial charge >= 0.3 is 0 Å². The SMILES string of the molecule is C[C@H](CO)NC(=O)C#Cc1ccc2c(c1)NC(=O)C2C(=Nc1ccc(CN(C)C)cc1)c1cccc2c1CCCCC2. The highest BCUT2D eigenvalue weighted by atomic mass is 16.3. The van der Waals surface area contributed by atoms with E-state index in [1.54, 1.807) is 6.92 Å². The highest BCUT2D eigenvalue weighted by molar-refractivity contribution is 6.24. The summed E-state index contributed by atoms with van der Waals surface area (Å²) < 4.78 is 0. The molecule has 1 aliphatic heterocycles. The van der Waals surface area contributed by atoms with Crippen molar-refractivity contribution in [1.29, 1.82) is 0 Å². The molecule has 0 fully saturated rings. The van der Waals surface area contributed by atoms with Crippen LogP contribution in [0.4, 0.5) is 11.4 Å². The molecule has 2 atom stereocenters. The van der Waals surface area contributed by atoms with Crippen molar-refractivity contribution in [2.75, 3.05) is 26.0 Å². The van der Waals surface area contributed by atoms with E-state index in [1.165, 1.54) is 29.5 Å². The van der Waals surface area contributed by atoms with E-state index in [0.717, 1.165) is 48.3 Å². The number of carbonyl (C=O) groups is 2. The van der Waals surface area contributed by atoms with Crippen molar-refractivity contribution in [3.8, 4) is 11.8 Å². The number of anilines is 1. The van der Waals surface area contributed by atoms with Crippen LogP contribution in [0.1, 0.15) is 65.5 Å². The van der Waals surface area contributed by atoms with Crippen molar-refractivity contribution in [1.82, 2.24) is 10.2 Å². The van der Waals surface area contributed by atoms with Gasteiger partial charge in [-0.1, -0.05) is 48.7 Å². The van der Waals surface area contributed by atoms with Crippen molar-refractivity contribution in [2.45, 2.75) is 57.5 Å². The zero-order valence-corrected chi connectivity index (χ0v) is 24.5. The van der Waals surface area contributed by atoms with Crippen LogP contribution >= 0.6 is 0 Å². The number of aliphatic imine (C=N–C) groups is 1. The molecule has 3 N–H and O–H groups in total. The minimum Gasteiger partial charge on any atom is -0.394 e. The van der Waals surface area contributed by atoms with Crippen LogP contribution in [0, 0.1) is 11.8 Å². The summed E-state index contributed by atoms with van der Waals surface area (Å²) in [7, 11) is 4.09. The molecule has 0 bridgehead atoms. The quantitative estimate of drug-likeness (QED) is 0.221. The van der Waals surface area contributed by atoms with Gasteiger partial charge in [0, 0.05) is 29.3 Å². The fraction of sp³-hybridized carbons (Fsp3) is 0.343. The van der Waals surface area contributed by atoms with E-state index in [9.17, 15) is 9.59 Å². The van der Waals surface area contributed by atoms with E-state index in [1.807, 2.05) is 44.4 Å². The van der Waals surface area contributed by atoms with Crippen molar-refractivity contribution in [3.63, 3.8) is 0 Å². The molecule has 0 saturated heterocycles. The second kappa shape index (κ2) is 13.2. The van der Waals surface area contributed by atoms with Gasteiger partial charge in [0.25, 0.3) is 5.91 Å². The summed E-state index contributed by atoms with van der Waals surface area (Å²) in [5, 5.41) is 14.8. The summed E-state index contributed by atoms with van der Waals surface area (Å²) in [6, 6.07) is 19.8. The maximum Gasteiger partial charge on any atom is 0.296 e. The minimum absolute atomic E-state index is 0.126. The Morgan fingerprint density at radius 3 is 2.64 bits per heavy atom. The van der Waals surface area contributed by atoms with Crippen LogP contribution in [0.15, 0.2) is 65.7 Å². The number of hydrogen-bond donors (Lipinski definition) is 3. The first-order chi connectivity index (χ1) is 20.3. The molecule has 2 amide bonds. The van der Waals surface area contributed by atoms with Crippen molar-refractivity contribution in [2.24, 2.45) is 4.99 Å². The highest BCUT2D eigenvalue weighted by Gasteiger charge is 2.36. The molecule has 1 unspecified atom stereocenters. The number of nitrogens with zero attached hydrogens (tertiary/aromatic N) is 2. The fourth-order valence-electron chi connectivity index (χ4n) is 5.70. The molecule has 1 aliphatic carbocycles. The normalized spacial score (nSPS) is 16.9. The molecule has 0 aromatic heterocycles. The standard InChI is InChI=1S/C35H38N4O3/c1-23(22-40)36-32(41)19-15-24-14-18-30-31(20-24)38-35(42)33(30)34(37-27-16-12-25(13-17-27)21-39(2)3)29-11-7-9-26-8-5-4-6-10-28(26)29/h7,9,11-14,16-18,20,23,33,40H,4-6,8,10,21-22H2,1-3H3,(H,36,41)(H,38,42)/t23-,33?/m1/s1. The number of nitrogens with one attached hydrogen (secondary N) is 2. The largest absolute Gasteiger partial charge is 0.394 e. The maximum atomic E-state index is 13.7. The molecule has 0 radical (unpaired) electrons. The summed E-state index contributed by atoms with van der Waals surface area (Å²) >= 11 is 0. The van der Waals surface area contributed by atoms with Gasteiger partial charge < -0.3 is 20.6 Å². The molecule has 2 aliphatic rings. The van der Waals surface area contributed by atoms with E-state index in [4.69, 9.17) is 10.1 Å². The maximum absolute atomic E-state index is 13.7. The Morgan fingerprint density at radius 1 is 1.10 bits per heavy atom. The number of fused-ring (bicyclic) bond motifs is 2. The number of aliphatic hydroxyl groups is 1. The molecular formula is C35H38N4O3. The lowest BCUT2D eigenvalue weighted by Gasteiger charge is -2.19. The number of carbonyl (C=O) groups excluding carboxylic acids is 2. The van der Waals surface area contributed by atoms with Crippen LogP contribution in [-0.2, 0) is 29.0 Å². The van der Waals surface area contributed by atoms with Crippen LogP contribution in [0.2, 0.25) is 0 Å². The van der Waals surface area contributed by atoms with Crippen LogP contribution in [-0.4, -0.2) is 54.3 Å². The summed E-state index contributed by atoms with van der Waals surface area (Å²) in [5.41, 5.74) is 8.58. The van der Waals surface area contributed by atoms with Crippen LogP contribution in [0.5, 0.6) is 0 Å². The average Bonchev–Trinajstić information content (AvgIpc) is 3.12. The molecule has 0 spiro atoms. The molecule has 42 heavy (non-hydrogen) atoms. The molecule has 216 valence electrons. The second-order valence-electron chi connectivity index (χ2n) is 11.4. The third-order valence-corrected chi connectivity index (χ3v) is 7.74. The van der Waals surface area contributed by atoms with Gasteiger partial charge in [0.15, 0.2) is 0 Å². The third kappa shape index (κ3) is 6.79. The number of amides is 2. The Morgan fingerprint density at radius 2 is 1.88 bits per heavy atom.